The summed E-state index contributed by atoms with van der Waals surface area (Å²) in [6, 6.07) is 43.7. The maximum atomic E-state index is 2.31. The third-order valence-electron chi connectivity index (χ3n) is 6.95. The molecule has 0 aliphatic heterocycles. The summed E-state index contributed by atoms with van der Waals surface area (Å²) in [4.78, 5) is 2.31. The van der Waals surface area contributed by atoms with Gasteiger partial charge in [0.25, 0.3) is 0 Å². The van der Waals surface area contributed by atoms with Gasteiger partial charge in [0.05, 0.1) is 0 Å². The summed E-state index contributed by atoms with van der Waals surface area (Å²) in [5, 5.41) is 0. The summed E-state index contributed by atoms with van der Waals surface area (Å²) in [5.41, 5.74) is 13.4. The number of hydrogen-bond donors (Lipinski definition) is 0. The zero-order valence-corrected chi connectivity index (χ0v) is 22.1. The van der Waals surface area contributed by atoms with Gasteiger partial charge in [-0.1, -0.05) is 96.1 Å². The van der Waals surface area contributed by atoms with Crippen LogP contribution in [-0.2, 0) is 0 Å². The van der Waals surface area contributed by atoms with Gasteiger partial charge in [-0.05, 0) is 104 Å². The summed E-state index contributed by atoms with van der Waals surface area (Å²) in [5.74, 6) is 0. The Morgan fingerprint density at radius 2 is 1.00 bits per heavy atom. The van der Waals surface area contributed by atoms with Gasteiger partial charge >= 0.3 is 0 Å². The monoisotopic (exact) mass is 479 g/mol. The number of hydrogen-bond acceptors (Lipinski definition) is 1. The quantitative estimate of drug-likeness (QED) is 0.219. The van der Waals surface area contributed by atoms with Crippen LogP contribution in [0.25, 0.3) is 11.6 Å². The van der Waals surface area contributed by atoms with Gasteiger partial charge in [-0.25, -0.2) is 0 Å². The first-order valence-electron chi connectivity index (χ1n) is 12.9. The molecule has 0 unspecified atom stereocenters. The molecule has 5 rings (SSSR count). The Hall–Kier alpha value is -4.36. The van der Waals surface area contributed by atoms with Crippen LogP contribution in [0.4, 0.5) is 17.1 Å². The molecule has 0 aromatic heterocycles. The number of nitrogens with zero attached hydrogens (tertiary/aromatic N) is 1. The Kier molecular flexibility index (Phi) is 7.05. The van der Waals surface area contributed by atoms with E-state index in [0.29, 0.717) is 0 Å². The molecule has 0 aliphatic rings. The van der Waals surface area contributed by atoms with Crippen LogP contribution in [0.5, 0.6) is 0 Å². The molecule has 0 bridgehead atoms. The van der Waals surface area contributed by atoms with E-state index in [1.807, 2.05) is 0 Å². The molecule has 0 fully saturated rings. The third-order valence-corrected chi connectivity index (χ3v) is 6.95. The fourth-order valence-electron chi connectivity index (χ4n) is 4.58. The SMILES string of the molecule is Cc1ccc(N(c2ccc(C)cc2)c2ccc(/C=C(\c3ccccc3)c3ccc(C)c(C)c3)cc2)cc1. The van der Waals surface area contributed by atoms with Crippen molar-refractivity contribution in [1.29, 1.82) is 0 Å². The van der Waals surface area contributed by atoms with Crippen LogP contribution in [0.2, 0.25) is 0 Å². The summed E-state index contributed by atoms with van der Waals surface area (Å²) in [6.45, 7) is 8.60. The molecule has 0 saturated heterocycles. The average Bonchev–Trinajstić information content (AvgIpc) is 2.92. The predicted molar refractivity (Wildman–Crippen MR) is 160 cm³/mol. The van der Waals surface area contributed by atoms with Crippen molar-refractivity contribution >= 4 is 28.7 Å². The molecule has 1 nitrogen and oxygen atoms in total. The zero-order valence-electron chi connectivity index (χ0n) is 22.1. The first kappa shape index (κ1) is 24.3. The van der Waals surface area contributed by atoms with Gasteiger partial charge in [-0.15, -0.1) is 0 Å². The smallest absolute Gasteiger partial charge is 0.0462 e. The highest BCUT2D eigenvalue weighted by atomic mass is 15.1. The summed E-state index contributed by atoms with van der Waals surface area (Å²) in [7, 11) is 0. The Morgan fingerprint density at radius 3 is 1.51 bits per heavy atom. The molecule has 37 heavy (non-hydrogen) atoms. The maximum absolute atomic E-state index is 2.31. The van der Waals surface area contributed by atoms with Crippen molar-refractivity contribution in [2.45, 2.75) is 27.7 Å². The molecule has 0 N–H and O–H groups in total. The Morgan fingerprint density at radius 1 is 0.486 bits per heavy atom. The van der Waals surface area contributed by atoms with E-state index >= 15 is 0 Å². The second kappa shape index (κ2) is 10.7. The molecule has 0 heterocycles. The molecule has 182 valence electrons. The lowest BCUT2D eigenvalue weighted by Crippen LogP contribution is -2.09. The van der Waals surface area contributed by atoms with Gasteiger partial charge in [0, 0.05) is 17.1 Å². The highest BCUT2D eigenvalue weighted by molar-refractivity contribution is 5.92. The highest BCUT2D eigenvalue weighted by Gasteiger charge is 2.13. The number of rotatable bonds is 6. The molecule has 0 radical (unpaired) electrons. The van der Waals surface area contributed by atoms with E-state index in [9.17, 15) is 0 Å². The minimum Gasteiger partial charge on any atom is -0.311 e. The van der Waals surface area contributed by atoms with E-state index in [1.165, 1.54) is 44.5 Å². The van der Waals surface area contributed by atoms with Crippen LogP contribution < -0.4 is 4.90 Å². The van der Waals surface area contributed by atoms with Crippen LogP contribution in [0.15, 0.2) is 121 Å². The molecule has 1 heteroatoms. The van der Waals surface area contributed by atoms with E-state index in [-0.39, 0.29) is 0 Å². The topological polar surface area (TPSA) is 3.24 Å². The summed E-state index contributed by atoms with van der Waals surface area (Å²) in [6.07, 6.45) is 2.30. The van der Waals surface area contributed by atoms with E-state index < -0.39 is 0 Å². The van der Waals surface area contributed by atoms with Crippen LogP contribution in [0.3, 0.4) is 0 Å². The van der Waals surface area contributed by atoms with Crippen molar-refractivity contribution in [3.8, 4) is 0 Å². The van der Waals surface area contributed by atoms with Gasteiger partial charge in [0.2, 0.25) is 0 Å². The van der Waals surface area contributed by atoms with E-state index in [0.717, 1.165) is 17.1 Å². The highest BCUT2D eigenvalue weighted by Crippen LogP contribution is 2.35. The number of benzene rings is 5. The Balaban J connectivity index is 1.56. The van der Waals surface area contributed by atoms with Crippen molar-refractivity contribution in [3.63, 3.8) is 0 Å². The molecule has 5 aromatic rings. The van der Waals surface area contributed by atoms with Crippen molar-refractivity contribution in [2.75, 3.05) is 4.90 Å². The fourth-order valence-corrected chi connectivity index (χ4v) is 4.58. The lowest BCUT2D eigenvalue weighted by Gasteiger charge is -2.26. The molecular weight excluding hydrogens is 446 g/mol. The van der Waals surface area contributed by atoms with Gasteiger partial charge < -0.3 is 4.90 Å². The second-order valence-electron chi connectivity index (χ2n) is 9.82. The number of anilines is 3. The molecule has 0 atom stereocenters. The van der Waals surface area contributed by atoms with Gasteiger partial charge in [-0.3, -0.25) is 0 Å². The standard InChI is InChI=1S/C36H33N/c1-26-10-18-33(19-11-26)37(34-20-12-27(2)13-21-34)35-22-15-30(16-23-35)25-36(31-8-6-5-7-9-31)32-17-14-28(3)29(4)24-32/h5-25H,1-4H3/b36-25+. The number of aryl methyl sites for hydroxylation is 4. The third kappa shape index (κ3) is 5.57. The molecule has 0 aliphatic carbocycles. The minimum atomic E-state index is 1.14. The van der Waals surface area contributed by atoms with Gasteiger partial charge in [0.15, 0.2) is 0 Å². The lowest BCUT2D eigenvalue weighted by atomic mass is 9.93. The summed E-state index contributed by atoms with van der Waals surface area (Å²) < 4.78 is 0. The first-order valence-corrected chi connectivity index (χ1v) is 12.9. The normalized spacial score (nSPS) is 11.4. The van der Waals surface area contributed by atoms with Gasteiger partial charge in [-0.2, -0.15) is 0 Å². The molecule has 0 amide bonds. The fraction of sp³-hybridized carbons (Fsp3) is 0.111. The molecule has 5 aromatic carbocycles. The van der Waals surface area contributed by atoms with E-state index in [1.54, 1.807) is 0 Å². The van der Waals surface area contributed by atoms with Crippen LogP contribution in [-0.4, -0.2) is 0 Å². The minimum absolute atomic E-state index is 1.14. The van der Waals surface area contributed by atoms with Crippen LogP contribution in [0.1, 0.15) is 38.9 Å². The molecule has 0 spiro atoms. The van der Waals surface area contributed by atoms with Crippen molar-refractivity contribution < 1.29 is 0 Å². The second-order valence-corrected chi connectivity index (χ2v) is 9.82. The van der Waals surface area contributed by atoms with Crippen molar-refractivity contribution in [1.82, 2.24) is 0 Å². The Bertz CT molecular complexity index is 1460. The first-order chi connectivity index (χ1) is 18.0. The Labute approximate surface area is 221 Å². The zero-order chi connectivity index (χ0) is 25.8. The molecule has 0 saturated carbocycles. The summed E-state index contributed by atoms with van der Waals surface area (Å²) >= 11 is 0. The lowest BCUT2D eigenvalue weighted by molar-refractivity contribution is 1.27. The largest absolute Gasteiger partial charge is 0.311 e. The van der Waals surface area contributed by atoms with Crippen LogP contribution >= 0.6 is 0 Å². The average molecular weight is 480 g/mol. The van der Waals surface area contributed by atoms with Crippen molar-refractivity contribution in [3.05, 3.63) is 160 Å². The molecular formula is C36H33N. The predicted octanol–water partition coefficient (Wildman–Crippen LogP) is 9.98. The maximum Gasteiger partial charge on any atom is 0.0462 e. The van der Waals surface area contributed by atoms with Crippen molar-refractivity contribution in [2.24, 2.45) is 0 Å². The van der Waals surface area contributed by atoms with E-state index in [4.69, 9.17) is 0 Å². The van der Waals surface area contributed by atoms with Gasteiger partial charge in [0.1, 0.15) is 0 Å². The van der Waals surface area contributed by atoms with E-state index in [2.05, 4.69) is 160 Å². The van der Waals surface area contributed by atoms with Crippen LogP contribution in [0, 0.1) is 27.7 Å².